The molecule has 1 aromatic carbocycles. The summed E-state index contributed by atoms with van der Waals surface area (Å²) in [6.45, 7) is 0. The molecule has 12 heavy (non-hydrogen) atoms. The Balaban J connectivity index is 3.35. The van der Waals surface area contributed by atoms with Gasteiger partial charge in [0.2, 0.25) is 0 Å². The van der Waals surface area contributed by atoms with Crippen LogP contribution in [0.2, 0.25) is 5.02 Å². The maximum absolute atomic E-state index is 13.1. The van der Waals surface area contributed by atoms with Crippen molar-refractivity contribution in [3.05, 3.63) is 26.5 Å². The van der Waals surface area contributed by atoms with Gasteiger partial charge in [0.1, 0.15) is 0 Å². The fourth-order valence-corrected chi connectivity index (χ4v) is 1.66. The van der Waals surface area contributed by atoms with Gasteiger partial charge in [-0.3, -0.25) is 0 Å². The molecule has 62 valence electrons. The minimum Gasteiger partial charge on any atom is -0.204 e. The molecule has 0 aliphatic carbocycles. The van der Waals surface area contributed by atoms with E-state index in [-0.39, 0.29) is 5.02 Å². The van der Waals surface area contributed by atoms with E-state index in [1.165, 1.54) is 6.07 Å². The van der Waals surface area contributed by atoms with Gasteiger partial charge in [0, 0.05) is 0 Å². The van der Waals surface area contributed by atoms with Crippen LogP contribution in [0.3, 0.4) is 0 Å². The van der Waals surface area contributed by atoms with E-state index in [4.69, 9.17) is 11.6 Å². The zero-order valence-corrected chi connectivity index (χ0v) is 9.37. The van der Waals surface area contributed by atoms with Crippen molar-refractivity contribution < 1.29 is 4.39 Å². The molecule has 0 aliphatic rings. The van der Waals surface area contributed by atoms with Crippen LogP contribution in [0.4, 0.5) is 10.1 Å². The smallest absolute Gasteiger partial charge is 0.157 e. The molecule has 0 spiro atoms. The largest absolute Gasteiger partial charge is 0.204 e. The number of hydrogen-bond donors (Lipinski definition) is 0. The molecular formula is C7H2ClFINS. The lowest BCUT2D eigenvalue weighted by Gasteiger charge is -1.99. The van der Waals surface area contributed by atoms with Crippen LogP contribution in [0.1, 0.15) is 0 Å². The molecule has 0 saturated carbocycles. The predicted molar refractivity (Wildman–Crippen MR) is 58.8 cm³/mol. The third kappa shape index (κ3) is 2.01. The molecule has 1 nitrogen and oxygen atoms in total. The van der Waals surface area contributed by atoms with Gasteiger partial charge in [-0.2, -0.15) is 4.99 Å². The number of thiocarbonyl (C=S) groups is 1. The summed E-state index contributed by atoms with van der Waals surface area (Å²) < 4.78 is 13.4. The molecule has 0 aromatic heterocycles. The Morgan fingerprint density at radius 3 is 2.83 bits per heavy atom. The molecule has 1 rings (SSSR count). The van der Waals surface area contributed by atoms with Crippen LogP contribution in [-0.4, -0.2) is 5.16 Å². The third-order valence-corrected chi connectivity index (χ3v) is 2.59. The summed E-state index contributed by atoms with van der Waals surface area (Å²) in [6.07, 6.45) is 0. The fraction of sp³-hybridized carbons (Fsp3) is 0. The quantitative estimate of drug-likeness (QED) is 0.332. The SMILES string of the molecule is Fc1c(Cl)ccc(N=C=S)c1I. The molecule has 0 N–H and O–H groups in total. The van der Waals surface area contributed by atoms with Crippen molar-refractivity contribution in [1.29, 1.82) is 0 Å². The molecule has 0 saturated heterocycles. The molecule has 0 bridgehead atoms. The van der Waals surface area contributed by atoms with E-state index in [1.807, 2.05) is 22.6 Å². The van der Waals surface area contributed by atoms with Crippen LogP contribution in [0.5, 0.6) is 0 Å². The summed E-state index contributed by atoms with van der Waals surface area (Å²) >= 11 is 11.7. The summed E-state index contributed by atoms with van der Waals surface area (Å²) in [6, 6.07) is 3.02. The first-order valence-electron chi connectivity index (χ1n) is 2.88. The van der Waals surface area contributed by atoms with Crippen molar-refractivity contribution in [3.8, 4) is 0 Å². The first kappa shape index (κ1) is 10.1. The summed E-state index contributed by atoms with van der Waals surface area (Å²) in [4.78, 5) is 3.67. The minimum atomic E-state index is -0.469. The van der Waals surface area contributed by atoms with Gasteiger partial charge in [0.05, 0.1) is 19.4 Å². The van der Waals surface area contributed by atoms with Crippen LogP contribution in [0.25, 0.3) is 0 Å². The van der Waals surface area contributed by atoms with Gasteiger partial charge in [-0.1, -0.05) is 11.6 Å². The molecule has 1 aromatic rings. The average Bonchev–Trinajstić information content (AvgIpc) is 2.07. The Bertz CT molecular complexity index is 363. The normalized spacial score (nSPS) is 9.25. The molecule has 5 heteroatoms. The van der Waals surface area contributed by atoms with E-state index in [0.29, 0.717) is 9.26 Å². The van der Waals surface area contributed by atoms with Crippen LogP contribution in [0.15, 0.2) is 17.1 Å². The van der Waals surface area contributed by atoms with Gasteiger partial charge in [0.25, 0.3) is 0 Å². The lowest BCUT2D eigenvalue weighted by molar-refractivity contribution is 0.621. The van der Waals surface area contributed by atoms with Crippen LogP contribution in [0, 0.1) is 9.39 Å². The Kier molecular flexibility index (Phi) is 3.58. The maximum atomic E-state index is 13.1. The second kappa shape index (κ2) is 4.28. The number of isothiocyanates is 1. The Labute approximate surface area is 92.8 Å². The van der Waals surface area contributed by atoms with E-state index >= 15 is 0 Å². The molecule has 0 aliphatic heterocycles. The van der Waals surface area contributed by atoms with Crippen LogP contribution in [-0.2, 0) is 0 Å². The molecule has 0 amide bonds. The molecule has 0 fully saturated rings. The summed E-state index contributed by atoms with van der Waals surface area (Å²) in [5.74, 6) is -0.469. The Hall–Kier alpha value is -0.0300. The van der Waals surface area contributed by atoms with E-state index in [9.17, 15) is 4.39 Å². The van der Waals surface area contributed by atoms with Crippen molar-refractivity contribution in [2.24, 2.45) is 4.99 Å². The van der Waals surface area contributed by atoms with E-state index in [2.05, 4.69) is 22.4 Å². The van der Waals surface area contributed by atoms with Crippen molar-refractivity contribution in [3.63, 3.8) is 0 Å². The second-order valence-corrected chi connectivity index (χ2v) is 3.57. The molecule has 0 heterocycles. The maximum Gasteiger partial charge on any atom is 0.157 e. The third-order valence-electron chi connectivity index (χ3n) is 1.18. The highest BCUT2D eigenvalue weighted by Gasteiger charge is 2.08. The standard InChI is InChI=1S/C7H2ClFINS/c8-4-1-2-5(11-3-12)7(10)6(4)9/h1-2H. The number of rotatable bonds is 1. The van der Waals surface area contributed by atoms with Gasteiger partial charge in [0.15, 0.2) is 5.82 Å². The van der Waals surface area contributed by atoms with Gasteiger partial charge < -0.3 is 0 Å². The first-order valence-corrected chi connectivity index (χ1v) is 4.74. The zero-order chi connectivity index (χ0) is 9.14. The molecule has 0 atom stereocenters. The predicted octanol–water partition coefficient (Wildman–Crippen LogP) is 3.82. The second-order valence-electron chi connectivity index (χ2n) is 1.90. The van der Waals surface area contributed by atoms with Crippen molar-refractivity contribution in [2.75, 3.05) is 0 Å². The molecular weight excluding hydrogens is 312 g/mol. The summed E-state index contributed by atoms with van der Waals surface area (Å²) in [5, 5.41) is 2.25. The zero-order valence-electron chi connectivity index (χ0n) is 5.64. The minimum absolute atomic E-state index is 0.0859. The lowest BCUT2D eigenvalue weighted by Crippen LogP contribution is -1.83. The van der Waals surface area contributed by atoms with E-state index in [0.717, 1.165) is 0 Å². The van der Waals surface area contributed by atoms with Crippen molar-refractivity contribution in [2.45, 2.75) is 0 Å². The summed E-state index contributed by atoms with van der Waals surface area (Å²) in [7, 11) is 0. The molecule has 0 unspecified atom stereocenters. The van der Waals surface area contributed by atoms with Gasteiger partial charge in [-0.05, 0) is 46.9 Å². The lowest BCUT2D eigenvalue weighted by atomic mass is 10.3. The molecule has 0 radical (unpaired) electrons. The monoisotopic (exact) mass is 313 g/mol. The number of hydrogen-bond acceptors (Lipinski definition) is 2. The van der Waals surface area contributed by atoms with E-state index < -0.39 is 5.82 Å². The Morgan fingerprint density at radius 2 is 2.25 bits per heavy atom. The highest BCUT2D eigenvalue weighted by molar-refractivity contribution is 14.1. The number of benzene rings is 1. The Morgan fingerprint density at radius 1 is 1.58 bits per heavy atom. The van der Waals surface area contributed by atoms with Crippen LogP contribution < -0.4 is 0 Å². The highest BCUT2D eigenvalue weighted by Crippen LogP contribution is 2.28. The number of halogens is 3. The number of nitrogens with zero attached hydrogens (tertiary/aromatic N) is 1. The highest BCUT2D eigenvalue weighted by atomic mass is 127. The van der Waals surface area contributed by atoms with E-state index in [1.54, 1.807) is 6.07 Å². The first-order chi connectivity index (χ1) is 5.66. The summed E-state index contributed by atoms with van der Waals surface area (Å²) in [5.41, 5.74) is 0.451. The average molecular weight is 314 g/mol. The van der Waals surface area contributed by atoms with Crippen molar-refractivity contribution >= 4 is 57.3 Å². The fourth-order valence-electron chi connectivity index (χ4n) is 0.651. The topological polar surface area (TPSA) is 12.4 Å². The van der Waals surface area contributed by atoms with Crippen molar-refractivity contribution in [1.82, 2.24) is 0 Å². The van der Waals surface area contributed by atoms with Gasteiger partial charge in [-0.25, -0.2) is 4.39 Å². The number of aliphatic imine (C=N–C) groups is 1. The van der Waals surface area contributed by atoms with Gasteiger partial charge in [-0.15, -0.1) is 0 Å². The van der Waals surface area contributed by atoms with Gasteiger partial charge >= 0.3 is 0 Å². The van der Waals surface area contributed by atoms with Crippen LogP contribution >= 0.6 is 46.4 Å².